The Balaban J connectivity index is 2.34. The fourth-order valence-electron chi connectivity index (χ4n) is 1.89. The van der Waals surface area contributed by atoms with E-state index in [1.807, 2.05) is 0 Å². The summed E-state index contributed by atoms with van der Waals surface area (Å²) >= 11 is 0. The molecule has 1 amide bonds. The molecule has 2 aromatic rings. The average Bonchev–Trinajstić information content (AvgIpc) is 2.55. The lowest BCUT2D eigenvalue weighted by molar-refractivity contribution is -0.166. The molecule has 2 N–H and O–H groups in total. The minimum Gasteiger partial charge on any atom is -0.465 e. The topological polar surface area (TPSA) is 75.6 Å². The third-order valence-electron chi connectivity index (χ3n) is 3.00. The quantitative estimate of drug-likeness (QED) is 0.658. The van der Waals surface area contributed by atoms with Crippen molar-refractivity contribution >= 4 is 11.9 Å². The van der Waals surface area contributed by atoms with Crippen LogP contribution in [0.4, 0.5) is 0 Å². The third-order valence-corrected chi connectivity index (χ3v) is 3.00. The maximum absolute atomic E-state index is 12.2. The van der Waals surface area contributed by atoms with E-state index in [1.165, 1.54) is 12.1 Å². The molecule has 2 rings (SSSR count). The van der Waals surface area contributed by atoms with Crippen LogP contribution < -0.4 is 5.32 Å². The summed E-state index contributed by atoms with van der Waals surface area (Å²) in [5.74, 6) is -1.54. The Morgan fingerprint density at radius 3 is 2.05 bits per heavy atom. The van der Waals surface area contributed by atoms with Gasteiger partial charge in [0.05, 0.1) is 7.11 Å². The normalized spacial score (nSPS) is 13.0. The molecule has 0 aliphatic carbocycles. The van der Waals surface area contributed by atoms with Gasteiger partial charge < -0.3 is 15.2 Å². The maximum Gasteiger partial charge on any atom is 0.364 e. The Hall–Kier alpha value is -2.66. The van der Waals surface area contributed by atoms with Crippen molar-refractivity contribution in [3.8, 4) is 0 Å². The van der Waals surface area contributed by atoms with Crippen LogP contribution in [-0.4, -0.2) is 24.1 Å². The first-order valence-electron chi connectivity index (χ1n) is 6.32. The van der Waals surface area contributed by atoms with Crippen LogP contribution in [0.15, 0.2) is 60.7 Å². The van der Waals surface area contributed by atoms with Crippen LogP contribution in [0.2, 0.25) is 0 Å². The van der Waals surface area contributed by atoms with Crippen molar-refractivity contribution in [1.29, 1.82) is 0 Å². The van der Waals surface area contributed by atoms with Crippen LogP contribution in [0.1, 0.15) is 15.9 Å². The van der Waals surface area contributed by atoms with Gasteiger partial charge in [0, 0.05) is 11.1 Å². The molecule has 0 heterocycles. The molecule has 0 spiro atoms. The lowest BCUT2D eigenvalue weighted by Gasteiger charge is -2.26. The summed E-state index contributed by atoms with van der Waals surface area (Å²) < 4.78 is 4.60. The number of amides is 1. The van der Waals surface area contributed by atoms with E-state index in [2.05, 4.69) is 10.1 Å². The number of methoxy groups -OCH3 is 1. The highest BCUT2D eigenvalue weighted by atomic mass is 16.5. The van der Waals surface area contributed by atoms with Crippen molar-refractivity contribution < 1.29 is 19.4 Å². The highest BCUT2D eigenvalue weighted by molar-refractivity contribution is 5.97. The van der Waals surface area contributed by atoms with Crippen molar-refractivity contribution in [1.82, 2.24) is 5.32 Å². The number of nitrogens with one attached hydrogen (secondary N) is 1. The van der Waals surface area contributed by atoms with Crippen LogP contribution in [0.25, 0.3) is 0 Å². The molecule has 0 radical (unpaired) electrons. The Labute approximate surface area is 122 Å². The zero-order valence-electron chi connectivity index (χ0n) is 11.4. The van der Waals surface area contributed by atoms with Crippen LogP contribution in [0.5, 0.6) is 0 Å². The molecule has 1 atom stereocenters. The number of hydrogen-bond donors (Lipinski definition) is 2. The van der Waals surface area contributed by atoms with E-state index in [1.54, 1.807) is 48.5 Å². The van der Waals surface area contributed by atoms with Gasteiger partial charge in [0.15, 0.2) is 0 Å². The van der Waals surface area contributed by atoms with E-state index in [9.17, 15) is 14.7 Å². The number of aliphatic hydroxyl groups is 1. The summed E-state index contributed by atoms with van der Waals surface area (Å²) in [4.78, 5) is 24.1. The minimum atomic E-state index is -2.23. The van der Waals surface area contributed by atoms with Crippen molar-refractivity contribution in [3.05, 3.63) is 71.8 Å². The molecule has 0 aromatic heterocycles. The van der Waals surface area contributed by atoms with Gasteiger partial charge in [-0.05, 0) is 12.1 Å². The summed E-state index contributed by atoms with van der Waals surface area (Å²) in [6.07, 6.45) is 0. The molecule has 5 heteroatoms. The predicted octanol–water partition coefficient (Wildman–Crippen LogP) is 1.43. The molecule has 1 unspecified atom stereocenters. The molecule has 21 heavy (non-hydrogen) atoms. The number of carbonyl (C=O) groups is 2. The van der Waals surface area contributed by atoms with Gasteiger partial charge in [-0.3, -0.25) is 4.79 Å². The van der Waals surface area contributed by atoms with Gasteiger partial charge in [-0.2, -0.15) is 0 Å². The number of rotatable bonds is 4. The van der Waals surface area contributed by atoms with Gasteiger partial charge in [-0.25, -0.2) is 4.79 Å². The largest absolute Gasteiger partial charge is 0.465 e. The maximum atomic E-state index is 12.2. The summed E-state index contributed by atoms with van der Waals surface area (Å²) in [6.45, 7) is 0. The third kappa shape index (κ3) is 3.09. The second kappa shape index (κ2) is 6.19. The molecule has 0 aliphatic rings. The smallest absolute Gasteiger partial charge is 0.364 e. The van der Waals surface area contributed by atoms with Crippen molar-refractivity contribution in [2.24, 2.45) is 0 Å². The molecule has 0 saturated heterocycles. The van der Waals surface area contributed by atoms with E-state index < -0.39 is 17.6 Å². The van der Waals surface area contributed by atoms with Crippen LogP contribution >= 0.6 is 0 Å². The molecular weight excluding hydrogens is 270 g/mol. The summed E-state index contributed by atoms with van der Waals surface area (Å²) in [5.41, 5.74) is -1.68. The van der Waals surface area contributed by atoms with Crippen LogP contribution in [0.3, 0.4) is 0 Å². The molecule has 5 nitrogen and oxygen atoms in total. The van der Waals surface area contributed by atoms with E-state index in [0.717, 1.165) is 7.11 Å². The highest BCUT2D eigenvalue weighted by Gasteiger charge is 2.41. The van der Waals surface area contributed by atoms with Crippen molar-refractivity contribution in [3.63, 3.8) is 0 Å². The van der Waals surface area contributed by atoms with Crippen molar-refractivity contribution in [2.75, 3.05) is 7.11 Å². The summed E-state index contributed by atoms with van der Waals surface area (Å²) in [7, 11) is 1.14. The molecular formula is C16H15NO4. The number of carbonyl (C=O) groups excluding carboxylic acids is 2. The lowest BCUT2D eigenvalue weighted by atomic mass is 10.0. The van der Waals surface area contributed by atoms with Crippen LogP contribution in [0, 0.1) is 0 Å². The van der Waals surface area contributed by atoms with E-state index in [0.29, 0.717) is 5.56 Å². The number of esters is 1. The van der Waals surface area contributed by atoms with E-state index in [-0.39, 0.29) is 5.56 Å². The fraction of sp³-hybridized carbons (Fsp3) is 0.125. The number of benzene rings is 2. The molecule has 2 aromatic carbocycles. The Kier molecular flexibility index (Phi) is 4.35. The fourth-order valence-corrected chi connectivity index (χ4v) is 1.89. The Morgan fingerprint density at radius 2 is 1.52 bits per heavy atom. The predicted molar refractivity (Wildman–Crippen MR) is 76.3 cm³/mol. The lowest BCUT2D eigenvalue weighted by Crippen LogP contribution is -2.52. The Bertz CT molecular complexity index is 627. The number of ether oxygens (including phenoxy) is 1. The average molecular weight is 285 g/mol. The SMILES string of the molecule is COC(=O)C(O)(NC(=O)c1ccccc1)c1ccccc1. The second-order valence-corrected chi connectivity index (χ2v) is 4.39. The monoisotopic (exact) mass is 285 g/mol. The minimum absolute atomic E-state index is 0.223. The van der Waals surface area contributed by atoms with E-state index in [4.69, 9.17) is 0 Å². The van der Waals surface area contributed by atoms with Gasteiger partial charge in [-0.15, -0.1) is 0 Å². The first-order chi connectivity index (χ1) is 10.1. The molecule has 0 fully saturated rings. The van der Waals surface area contributed by atoms with Gasteiger partial charge in [0.1, 0.15) is 0 Å². The van der Waals surface area contributed by atoms with Gasteiger partial charge >= 0.3 is 5.97 Å². The second-order valence-electron chi connectivity index (χ2n) is 4.39. The van der Waals surface area contributed by atoms with Crippen LogP contribution in [-0.2, 0) is 15.3 Å². The first-order valence-corrected chi connectivity index (χ1v) is 6.32. The molecule has 0 saturated carbocycles. The van der Waals surface area contributed by atoms with E-state index >= 15 is 0 Å². The molecule has 0 bridgehead atoms. The molecule has 0 aliphatic heterocycles. The Morgan fingerprint density at radius 1 is 1.00 bits per heavy atom. The van der Waals surface area contributed by atoms with Gasteiger partial charge in [0.2, 0.25) is 0 Å². The zero-order chi connectivity index (χ0) is 15.3. The highest BCUT2D eigenvalue weighted by Crippen LogP contribution is 2.20. The first kappa shape index (κ1) is 14.7. The zero-order valence-corrected chi connectivity index (χ0v) is 11.4. The van der Waals surface area contributed by atoms with Gasteiger partial charge in [-0.1, -0.05) is 48.5 Å². The number of hydrogen-bond acceptors (Lipinski definition) is 4. The van der Waals surface area contributed by atoms with Gasteiger partial charge in [0.25, 0.3) is 11.6 Å². The molecule has 108 valence electrons. The van der Waals surface area contributed by atoms with Crippen molar-refractivity contribution in [2.45, 2.75) is 5.72 Å². The standard InChI is InChI=1S/C16H15NO4/c1-21-15(19)16(20,13-10-6-3-7-11-13)17-14(18)12-8-4-2-5-9-12/h2-11,20H,1H3,(H,17,18). The summed E-state index contributed by atoms with van der Waals surface area (Å²) in [6, 6.07) is 16.4. The summed E-state index contributed by atoms with van der Waals surface area (Å²) in [5, 5.41) is 12.9.